The van der Waals surface area contributed by atoms with Crippen molar-refractivity contribution in [2.24, 2.45) is 0 Å². The third kappa shape index (κ3) is 3.56. The van der Waals surface area contributed by atoms with Crippen LogP contribution in [0.3, 0.4) is 0 Å². The lowest BCUT2D eigenvalue weighted by Gasteiger charge is -2.22. The fourth-order valence-corrected chi connectivity index (χ4v) is 3.55. The first kappa shape index (κ1) is 15.6. The highest BCUT2D eigenvalue weighted by Gasteiger charge is 2.35. The zero-order chi connectivity index (χ0) is 16.2. The summed E-state index contributed by atoms with van der Waals surface area (Å²) in [6.07, 6.45) is 0. The van der Waals surface area contributed by atoms with Crippen LogP contribution >= 0.6 is 11.8 Å². The Labute approximate surface area is 138 Å². The minimum atomic E-state index is -0.461. The van der Waals surface area contributed by atoms with E-state index in [0.29, 0.717) is 23.0 Å². The van der Waals surface area contributed by atoms with Gasteiger partial charge in [0, 0.05) is 17.4 Å². The van der Waals surface area contributed by atoms with E-state index in [1.165, 1.54) is 0 Å². The molecule has 23 heavy (non-hydrogen) atoms. The minimum Gasteiger partial charge on any atom is -0.359 e. The topological polar surface area (TPSA) is 75.4 Å². The Balaban J connectivity index is 1.64. The molecule has 0 radical (unpaired) electrons. The van der Waals surface area contributed by atoms with Gasteiger partial charge < -0.3 is 14.7 Å². The molecule has 7 heteroatoms. The quantitative estimate of drug-likeness (QED) is 0.925. The van der Waals surface area contributed by atoms with E-state index in [1.54, 1.807) is 34.9 Å². The lowest BCUT2D eigenvalue weighted by molar-refractivity contribution is -0.124. The molecule has 3 rings (SSSR count). The molecule has 2 heterocycles. The van der Waals surface area contributed by atoms with Gasteiger partial charge in [0.2, 0.25) is 5.91 Å². The Hall–Kier alpha value is -2.28. The van der Waals surface area contributed by atoms with Gasteiger partial charge in [0.25, 0.3) is 5.91 Å². The summed E-state index contributed by atoms with van der Waals surface area (Å²) in [5.74, 6) is 1.43. The summed E-state index contributed by atoms with van der Waals surface area (Å²) < 4.78 is 5.07. The Morgan fingerprint density at radius 2 is 2.17 bits per heavy atom. The number of carbonyl (C=O) groups excluding carboxylic acids is 2. The van der Waals surface area contributed by atoms with Crippen LogP contribution in [0.25, 0.3) is 0 Å². The summed E-state index contributed by atoms with van der Waals surface area (Å²) in [6, 6.07) is 10.3. The van der Waals surface area contributed by atoms with Crippen molar-refractivity contribution in [1.82, 2.24) is 15.4 Å². The number of nitrogens with zero attached hydrogens (tertiary/aromatic N) is 2. The van der Waals surface area contributed by atoms with Gasteiger partial charge in [-0.3, -0.25) is 9.59 Å². The number of nitrogens with one attached hydrogen (secondary N) is 1. The first-order chi connectivity index (χ1) is 11.1. The Kier molecular flexibility index (Phi) is 4.66. The maximum atomic E-state index is 12.5. The van der Waals surface area contributed by atoms with E-state index in [4.69, 9.17) is 4.52 Å². The molecule has 1 saturated heterocycles. The molecule has 2 amide bonds. The predicted octanol–water partition coefficient (Wildman–Crippen LogP) is 1.81. The van der Waals surface area contributed by atoms with Gasteiger partial charge in [-0.15, -0.1) is 11.8 Å². The monoisotopic (exact) mass is 331 g/mol. The molecule has 1 aromatic carbocycles. The first-order valence-electron chi connectivity index (χ1n) is 7.29. The molecule has 1 aliphatic rings. The van der Waals surface area contributed by atoms with Gasteiger partial charge in [0.05, 0.1) is 18.1 Å². The van der Waals surface area contributed by atoms with E-state index in [0.717, 1.165) is 5.69 Å². The molecule has 6 nitrogen and oxygen atoms in total. The van der Waals surface area contributed by atoms with Crippen LogP contribution in [0.5, 0.6) is 0 Å². The summed E-state index contributed by atoms with van der Waals surface area (Å²) in [5.41, 5.74) is 1.37. The summed E-state index contributed by atoms with van der Waals surface area (Å²) in [4.78, 5) is 26.5. The maximum absolute atomic E-state index is 12.5. The Morgan fingerprint density at radius 3 is 2.87 bits per heavy atom. The number of benzene rings is 1. The second-order valence-corrected chi connectivity index (χ2v) is 6.31. The standard InChI is InChI=1S/C16H17N3O3S/c1-11-7-13(22-18-11)8-17-15(20)14-9-23-10-19(14)16(21)12-5-3-2-4-6-12/h2-7,14H,8-10H2,1H3,(H,17,20)/t14-/m1/s1. The van der Waals surface area contributed by atoms with E-state index >= 15 is 0 Å². The van der Waals surface area contributed by atoms with Crippen molar-refractivity contribution in [2.75, 3.05) is 11.6 Å². The third-order valence-electron chi connectivity index (χ3n) is 3.58. The molecule has 0 aliphatic carbocycles. The average molecular weight is 331 g/mol. The average Bonchev–Trinajstić information content (AvgIpc) is 3.21. The van der Waals surface area contributed by atoms with Crippen LogP contribution in [0.15, 0.2) is 40.9 Å². The molecule has 1 aromatic heterocycles. The summed E-state index contributed by atoms with van der Waals surface area (Å²) in [5, 5.41) is 6.59. The van der Waals surface area contributed by atoms with Gasteiger partial charge >= 0.3 is 0 Å². The van der Waals surface area contributed by atoms with Gasteiger partial charge in [-0.2, -0.15) is 0 Å². The van der Waals surface area contributed by atoms with Gasteiger partial charge in [-0.1, -0.05) is 23.4 Å². The highest BCUT2D eigenvalue weighted by atomic mass is 32.2. The SMILES string of the molecule is Cc1cc(CNC(=O)[C@H]2CSCN2C(=O)c2ccccc2)on1. The van der Waals surface area contributed by atoms with Crippen molar-refractivity contribution in [3.8, 4) is 0 Å². The molecule has 1 atom stereocenters. The first-order valence-corrected chi connectivity index (χ1v) is 8.44. The smallest absolute Gasteiger partial charge is 0.255 e. The number of rotatable bonds is 4. The second kappa shape index (κ2) is 6.87. The van der Waals surface area contributed by atoms with Crippen molar-refractivity contribution in [3.63, 3.8) is 0 Å². The van der Waals surface area contributed by atoms with E-state index in [-0.39, 0.29) is 18.4 Å². The van der Waals surface area contributed by atoms with Crippen molar-refractivity contribution in [3.05, 3.63) is 53.4 Å². The normalized spacial score (nSPS) is 17.3. The van der Waals surface area contributed by atoms with Crippen LogP contribution in [0.2, 0.25) is 0 Å². The summed E-state index contributed by atoms with van der Waals surface area (Å²) in [6.45, 7) is 2.09. The lowest BCUT2D eigenvalue weighted by atomic mass is 10.1. The molecule has 120 valence electrons. The number of hydrogen-bond acceptors (Lipinski definition) is 5. The highest BCUT2D eigenvalue weighted by Crippen LogP contribution is 2.23. The zero-order valence-corrected chi connectivity index (χ0v) is 13.5. The fourth-order valence-electron chi connectivity index (χ4n) is 2.40. The van der Waals surface area contributed by atoms with Gasteiger partial charge in [-0.05, 0) is 19.1 Å². The molecular formula is C16H17N3O3S. The van der Waals surface area contributed by atoms with Crippen LogP contribution in [0.1, 0.15) is 21.8 Å². The molecule has 2 aromatic rings. The number of aryl methyl sites for hydroxylation is 1. The minimum absolute atomic E-state index is 0.119. The van der Waals surface area contributed by atoms with E-state index in [1.807, 2.05) is 25.1 Å². The summed E-state index contributed by atoms with van der Waals surface area (Å²) in [7, 11) is 0. The number of aromatic nitrogens is 1. The molecule has 1 aliphatic heterocycles. The zero-order valence-electron chi connectivity index (χ0n) is 12.7. The van der Waals surface area contributed by atoms with Gasteiger partial charge in [0.1, 0.15) is 6.04 Å². The largest absolute Gasteiger partial charge is 0.359 e. The fraction of sp³-hybridized carbons (Fsp3) is 0.312. The Bertz CT molecular complexity index is 702. The van der Waals surface area contributed by atoms with E-state index in [2.05, 4.69) is 10.5 Å². The molecular weight excluding hydrogens is 314 g/mol. The summed E-state index contributed by atoms with van der Waals surface area (Å²) >= 11 is 1.58. The molecule has 0 spiro atoms. The van der Waals surface area contributed by atoms with Crippen LogP contribution in [0, 0.1) is 6.92 Å². The molecule has 1 N–H and O–H groups in total. The highest BCUT2D eigenvalue weighted by molar-refractivity contribution is 7.99. The van der Waals surface area contributed by atoms with Crippen molar-refractivity contribution in [2.45, 2.75) is 19.5 Å². The molecule has 0 bridgehead atoms. The van der Waals surface area contributed by atoms with Crippen molar-refractivity contribution < 1.29 is 14.1 Å². The maximum Gasteiger partial charge on any atom is 0.255 e. The van der Waals surface area contributed by atoms with Crippen LogP contribution in [0.4, 0.5) is 0 Å². The van der Waals surface area contributed by atoms with Crippen LogP contribution in [-0.2, 0) is 11.3 Å². The molecule has 0 saturated carbocycles. The second-order valence-electron chi connectivity index (χ2n) is 5.31. The number of thioether (sulfide) groups is 1. The number of amides is 2. The van der Waals surface area contributed by atoms with Crippen molar-refractivity contribution >= 4 is 23.6 Å². The molecule has 0 unspecified atom stereocenters. The predicted molar refractivity (Wildman–Crippen MR) is 86.8 cm³/mol. The number of hydrogen-bond donors (Lipinski definition) is 1. The van der Waals surface area contributed by atoms with Crippen LogP contribution in [-0.4, -0.2) is 39.5 Å². The van der Waals surface area contributed by atoms with E-state index in [9.17, 15) is 9.59 Å². The van der Waals surface area contributed by atoms with Gasteiger partial charge in [0.15, 0.2) is 5.76 Å². The van der Waals surface area contributed by atoms with Crippen molar-refractivity contribution in [1.29, 1.82) is 0 Å². The van der Waals surface area contributed by atoms with Crippen LogP contribution < -0.4 is 5.32 Å². The van der Waals surface area contributed by atoms with E-state index < -0.39 is 6.04 Å². The van der Waals surface area contributed by atoms with Gasteiger partial charge in [-0.25, -0.2) is 0 Å². The lowest BCUT2D eigenvalue weighted by Crippen LogP contribution is -2.47. The molecule has 1 fully saturated rings. The Morgan fingerprint density at radius 1 is 1.39 bits per heavy atom. The third-order valence-corrected chi connectivity index (χ3v) is 4.59. The number of carbonyl (C=O) groups is 2.